The van der Waals surface area contributed by atoms with Crippen LogP contribution in [0.4, 0.5) is 0 Å². The van der Waals surface area contributed by atoms with Crippen molar-refractivity contribution in [2.75, 3.05) is 13.2 Å². The Morgan fingerprint density at radius 3 is 1.95 bits per heavy atom. The molecule has 0 amide bonds. The van der Waals surface area contributed by atoms with E-state index in [1.54, 1.807) is 13.8 Å². The molecule has 0 saturated carbocycles. The lowest BCUT2D eigenvalue weighted by atomic mass is 10.0. The minimum Gasteiger partial charge on any atom is -0.465 e. The van der Waals surface area contributed by atoms with Gasteiger partial charge in [-0.1, -0.05) is 30.7 Å². The lowest BCUT2D eigenvalue weighted by Gasteiger charge is -2.12. The molecule has 0 aliphatic carbocycles. The topological polar surface area (TPSA) is 52.6 Å². The summed E-state index contributed by atoms with van der Waals surface area (Å²) in [5, 5.41) is 0. The van der Waals surface area contributed by atoms with Gasteiger partial charge in [0.25, 0.3) is 0 Å². The van der Waals surface area contributed by atoms with Crippen molar-refractivity contribution < 1.29 is 19.1 Å². The predicted molar refractivity (Wildman–Crippen MR) is 79.1 cm³/mol. The van der Waals surface area contributed by atoms with Crippen molar-refractivity contribution in [3.8, 4) is 0 Å². The molecule has 0 rings (SSSR count). The maximum atomic E-state index is 11.7. The van der Waals surface area contributed by atoms with Gasteiger partial charge in [-0.15, -0.1) is 0 Å². The van der Waals surface area contributed by atoms with Gasteiger partial charge in [0.15, 0.2) is 5.92 Å². The van der Waals surface area contributed by atoms with E-state index in [4.69, 9.17) is 9.47 Å². The van der Waals surface area contributed by atoms with Crippen LogP contribution in [0.2, 0.25) is 0 Å². The van der Waals surface area contributed by atoms with Gasteiger partial charge in [0, 0.05) is 0 Å². The van der Waals surface area contributed by atoms with Crippen molar-refractivity contribution in [2.45, 2.75) is 41.0 Å². The number of rotatable bonds is 8. The molecule has 114 valence electrons. The van der Waals surface area contributed by atoms with Gasteiger partial charge in [0.1, 0.15) is 0 Å². The quantitative estimate of drug-likeness (QED) is 0.389. The third-order valence-corrected chi connectivity index (χ3v) is 2.55. The number of ether oxygens (including phenoxy) is 2. The number of hydrogen-bond acceptors (Lipinski definition) is 4. The zero-order chi connectivity index (χ0) is 15.5. The molecular formula is C16H26O4. The van der Waals surface area contributed by atoms with Crippen LogP contribution in [0.15, 0.2) is 23.8 Å². The van der Waals surface area contributed by atoms with Crippen LogP contribution in [-0.4, -0.2) is 25.2 Å². The molecule has 0 N–H and O–H groups in total. The fraction of sp³-hybridized carbons (Fsp3) is 0.625. The fourth-order valence-corrected chi connectivity index (χ4v) is 1.79. The summed E-state index contributed by atoms with van der Waals surface area (Å²) in [5.74, 6) is -1.65. The largest absolute Gasteiger partial charge is 0.465 e. The molecule has 0 aromatic heterocycles. The number of allylic oxidation sites excluding steroid dienone is 4. The molecule has 0 aromatic rings. The second kappa shape index (κ2) is 10.2. The van der Waals surface area contributed by atoms with Crippen molar-refractivity contribution in [3.63, 3.8) is 0 Å². The monoisotopic (exact) mass is 282 g/mol. The summed E-state index contributed by atoms with van der Waals surface area (Å²) in [5.41, 5.74) is 1.23. The number of carbonyl (C=O) groups is 2. The van der Waals surface area contributed by atoms with E-state index >= 15 is 0 Å². The van der Waals surface area contributed by atoms with Gasteiger partial charge in [-0.3, -0.25) is 9.59 Å². The van der Waals surface area contributed by atoms with E-state index in [2.05, 4.69) is 6.08 Å². The minimum absolute atomic E-state index is 0.257. The highest BCUT2D eigenvalue weighted by Crippen LogP contribution is 2.12. The van der Waals surface area contributed by atoms with Gasteiger partial charge >= 0.3 is 11.9 Å². The third kappa shape index (κ3) is 7.77. The maximum absolute atomic E-state index is 11.7. The third-order valence-electron chi connectivity index (χ3n) is 2.55. The van der Waals surface area contributed by atoms with E-state index in [9.17, 15) is 9.59 Å². The second-order valence-electron chi connectivity index (χ2n) is 4.82. The summed E-state index contributed by atoms with van der Waals surface area (Å²) in [6.07, 6.45) is 6.22. The fourth-order valence-electron chi connectivity index (χ4n) is 1.79. The van der Waals surface area contributed by atoms with E-state index < -0.39 is 17.9 Å². The van der Waals surface area contributed by atoms with Crippen LogP contribution in [-0.2, 0) is 19.1 Å². The molecule has 0 heterocycles. The van der Waals surface area contributed by atoms with Crippen molar-refractivity contribution in [1.82, 2.24) is 0 Å². The highest BCUT2D eigenvalue weighted by molar-refractivity contribution is 5.95. The lowest BCUT2D eigenvalue weighted by Crippen LogP contribution is -2.27. The highest BCUT2D eigenvalue weighted by Gasteiger charge is 2.28. The van der Waals surface area contributed by atoms with Crippen LogP contribution in [0.5, 0.6) is 0 Å². The Labute approximate surface area is 121 Å². The Bertz CT molecular complexity index is 347. The molecule has 4 nitrogen and oxygen atoms in total. The van der Waals surface area contributed by atoms with Crippen LogP contribution in [0, 0.1) is 11.8 Å². The van der Waals surface area contributed by atoms with Gasteiger partial charge in [0.05, 0.1) is 13.2 Å². The van der Waals surface area contributed by atoms with E-state index in [0.29, 0.717) is 6.42 Å². The summed E-state index contributed by atoms with van der Waals surface area (Å²) < 4.78 is 9.82. The first-order valence-corrected chi connectivity index (χ1v) is 7.07. The standard InChI is InChI=1S/C16H26O4/c1-6-19-15(17)14(16(18)20-7-2)10-8-9-13(5)11-12(3)4/h8-9,11,13-14H,6-7,10H2,1-5H3/b9-8+. The van der Waals surface area contributed by atoms with E-state index in [1.807, 2.05) is 32.9 Å². The maximum Gasteiger partial charge on any atom is 0.320 e. The number of hydrogen-bond donors (Lipinski definition) is 0. The van der Waals surface area contributed by atoms with Crippen molar-refractivity contribution >= 4 is 11.9 Å². The summed E-state index contributed by atoms with van der Waals surface area (Å²) in [7, 11) is 0. The summed E-state index contributed by atoms with van der Waals surface area (Å²) in [6.45, 7) is 10.1. The molecular weight excluding hydrogens is 256 g/mol. The van der Waals surface area contributed by atoms with Gasteiger partial charge in [-0.25, -0.2) is 0 Å². The SMILES string of the molecule is CCOC(=O)C(C/C=C/C(C)C=C(C)C)C(=O)OCC. The Kier molecular flexibility index (Phi) is 9.43. The van der Waals surface area contributed by atoms with Crippen LogP contribution in [0.3, 0.4) is 0 Å². The van der Waals surface area contributed by atoms with Crippen LogP contribution < -0.4 is 0 Å². The van der Waals surface area contributed by atoms with Gasteiger partial charge in [-0.05, 0) is 40.0 Å². The summed E-state index contributed by atoms with van der Waals surface area (Å²) in [6, 6.07) is 0. The Hall–Kier alpha value is -1.58. The lowest BCUT2D eigenvalue weighted by molar-refractivity contribution is -0.161. The molecule has 0 aliphatic heterocycles. The van der Waals surface area contributed by atoms with E-state index in [1.165, 1.54) is 5.57 Å². The first-order valence-electron chi connectivity index (χ1n) is 7.07. The van der Waals surface area contributed by atoms with Crippen LogP contribution >= 0.6 is 0 Å². The summed E-state index contributed by atoms with van der Waals surface area (Å²) in [4.78, 5) is 23.5. The normalized spacial score (nSPS) is 12.3. The molecule has 0 saturated heterocycles. The molecule has 1 atom stereocenters. The molecule has 0 bridgehead atoms. The molecule has 20 heavy (non-hydrogen) atoms. The van der Waals surface area contributed by atoms with E-state index in [-0.39, 0.29) is 19.1 Å². The van der Waals surface area contributed by atoms with Gasteiger partial charge in [0.2, 0.25) is 0 Å². The van der Waals surface area contributed by atoms with Gasteiger partial charge in [-0.2, -0.15) is 0 Å². The van der Waals surface area contributed by atoms with Crippen LogP contribution in [0.1, 0.15) is 41.0 Å². The average Bonchev–Trinajstić information content (AvgIpc) is 2.34. The molecule has 4 heteroatoms. The van der Waals surface area contributed by atoms with Crippen molar-refractivity contribution in [1.29, 1.82) is 0 Å². The molecule has 0 aromatic carbocycles. The number of carbonyl (C=O) groups excluding carboxylic acids is 2. The molecule has 0 radical (unpaired) electrons. The minimum atomic E-state index is -0.870. The number of esters is 2. The Morgan fingerprint density at radius 2 is 1.55 bits per heavy atom. The highest BCUT2D eigenvalue weighted by atomic mass is 16.6. The Morgan fingerprint density at radius 1 is 1.05 bits per heavy atom. The first-order chi connectivity index (χ1) is 9.42. The molecule has 1 unspecified atom stereocenters. The van der Waals surface area contributed by atoms with Gasteiger partial charge < -0.3 is 9.47 Å². The van der Waals surface area contributed by atoms with Crippen molar-refractivity contribution in [3.05, 3.63) is 23.8 Å². The summed E-state index contributed by atoms with van der Waals surface area (Å²) >= 11 is 0. The Balaban J connectivity index is 4.65. The molecule has 0 spiro atoms. The zero-order valence-electron chi connectivity index (χ0n) is 13.1. The van der Waals surface area contributed by atoms with E-state index in [0.717, 1.165) is 0 Å². The predicted octanol–water partition coefficient (Wildman–Crippen LogP) is 3.28. The smallest absolute Gasteiger partial charge is 0.320 e. The zero-order valence-corrected chi connectivity index (χ0v) is 13.1. The van der Waals surface area contributed by atoms with Crippen LogP contribution in [0.25, 0.3) is 0 Å². The first kappa shape index (κ1) is 18.4. The second-order valence-corrected chi connectivity index (χ2v) is 4.82. The average molecular weight is 282 g/mol. The molecule has 0 fully saturated rings. The van der Waals surface area contributed by atoms with Crippen molar-refractivity contribution in [2.24, 2.45) is 11.8 Å². The molecule has 0 aliphatic rings.